The second-order valence-corrected chi connectivity index (χ2v) is 8.08. The molecule has 0 saturated carbocycles. The van der Waals surface area contributed by atoms with E-state index >= 15 is 0 Å². The molecule has 0 aromatic heterocycles. The summed E-state index contributed by atoms with van der Waals surface area (Å²) in [7, 11) is -3.02. The van der Waals surface area contributed by atoms with Crippen LogP contribution in [-0.4, -0.2) is 38.4 Å². The fraction of sp³-hybridized carbons (Fsp3) is 0.462. The van der Waals surface area contributed by atoms with Crippen LogP contribution in [0.4, 0.5) is 5.69 Å². The third-order valence-electron chi connectivity index (χ3n) is 3.13. The average molecular weight is 361 g/mol. The predicted octanol–water partition coefficient (Wildman–Crippen LogP) is 1.47. The molecule has 0 bridgehead atoms. The Morgan fingerprint density at radius 2 is 2.25 bits per heavy atom. The van der Waals surface area contributed by atoms with Crippen LogP contribution in [0.2, 0.25) is 0 Å². The number of carbonyl (C=O) groups is 1. The summed E-state index contributed by atoms with van der Waals surface area (Å²) in [6.45, 7) is 2.38. The lowest BCUT2D eigenvalue weighted by Crippen LogP contribution is -2.46. The van der Waals surface area contributed by atoms with Gasteiger partial charge in [0, 0.05) is 23.5 Å². The summed E-state index contributed by atoms with van der Waals surface area (Å²) in [5.74, 6) is -0.0198. The zero-order valence-corrected chi connectivity index (χ0v) is 13.6. The topological polar surface area (TPSA) is 75.3 Å². The van der Waals surface area contributed by atoms with Gasteiger partial charge in [-0.3, -0.25) is 4.79 Å². The van der Waals surface area contributed by atoms with Crippen LogP contribution in [0.25, 0.3) is 0 Å². The molecule has 1 atom stereocenters. The number of anilines is 1. The number of nitrogens with one attached hydrogen (secondary N) is 2. The summed E-state index contributed by atoms with van der Waals surface area (Å²) < 4.78 is 23.8. The number of aryl methyl sites for hydroxylation is 1. The lowest BCUT2D eigenvalue weighted by molar-refractivity contribution is -0.116. The maximum absolute atomic E-state index is 12.0. The van der Waals surface area contributed by atoms with Crippen LogP contribution in [-0.2, 0) is 14.6 Å². The largest absolute Gasteiger partial charge is 0.325 e. The van der Waals surface area contributed by atoms with E-state index in [1.54, 1.807) is 0 Å². The number of carbonyl (C=O) groups excluding carboxylic acids is 1. The Morgan fingerprint density at radius 3 is 2.90 bits per heavy atom. The Hall–Kier alpha value is -0.920. The second-order valence-electron chi connectivity index (χ2n) is 5.00. The summed E-state index contributed by atoms with van der Waals surface area (Å²) in [5.41, 5.74) is 1.79. The number of hydrogen-bond acceptors (Lipinski definition) is 4. The second kappa shape index (κ2) is 6.24. The molecule has 110 valence electrons. The van der Waals surface area contributed by atoms with Crippen molar-refractivity contribution in [3.05, 3.63) is 28.2 Å². The Labute approximate surface area is 127 Å². The molecule has 0 aliphatic carbocycles. The summed E-state index contributed by atoms with van der Waals surface area (Å²) in [4.78, 5) is 12.0. The molecular formula is C13H17BrN2O3S. The van der Waals surface area contributed by atoms with E-state index in [9.17, 15) is 13.2 Å². The normalized spacial score (nSPS) is 21.4. The third kappa shape index (κ3) is 4.29. The lowest BCUT2D eigenvalue weighted by atomic mass is 10.2. The Bertz CT molecular complexity index is 616. The highest BCUT2D eigenvalue weighted by atomic mass is 79.9. The highest BCUT2D eigenvalue weighted by Crippen LogP contribution is 2.23. The molecule has 1 aromatic rings. The van der Waals surface area contributed by atoms with E-state index in [4.69, 9.17) is 0 Å². The number of sulfone groups is 1. The van der Waals surface area contributed by atoms with Crippen molar-refractivity contribution in [2.75, 3.05) is 23.4 Å². The number of amides is 1. The van der Waals surface area contributed by atoms with Gasteiger partial charge < -0.3 is 10.6 Å². The average Bonchev–Trinajstić information content (AvgIpc) is 2.31. The highest BCUT2D eigenvalue weighted by molar-refractivity contribution is 9.10. The molecule has 1 aromatic carbocycles. The van der Waals surface area contributed by atoms with Gasteiger partial charge in [0.2, 0.25) is 5.91 Å². The molecule has 5 nitrogen and oxygen atoms in total. The van der Waals surface area contributed by atoms with Gasteiger partial charge in [0.05, 0.1) is 17.2 Å². The molecule has 2 N–H and O–H groups in total. The quantitative estimate of drug-likeness (QED) is 0.855. The maximum atomic E-state index is 12.0. The Morgan fingerprint density at radius 1 is 1.50 bits per heavy atom. The standard InChI is InChI=1S/C13H17BrN2O3S/c1-9-2-3-12(11(14)6-9)16-13(17)7-10-8-20(18,19)5-4-15-10/h2-3,6,10,15H,4-5,7-8H2,1H3,(H,16,17). The van der Waals surface area contributed by atoms with Crippen molar-refractivity contribution in [1.82, 2.24) is 5.32 Å². The molecule has 1 fully saturated rings. The molecule has 7 heteroatoms. The van der Waals surface area contributed by atoms with Crippen LogP contribution in [0, 0.1) is 6.92 Å². The van der Waals surface area contributed by atoms with E-state index in [0.29, 0.717) is 12.2 Å². The van der Waals surface area contributed by atoms with Crippen molar-refractivity contribution in [3.8, 4) is 0 Å². The molecule has 1 aliphatic rings. The van der Waals surface area contributed by atoms with Gasteiger partial charge in [0.25, 0.3) is 0 Å². The van der Waals surface area contributed by atoms with Gasteiger partial charge in [-0.25, -0.2) is 8.42 Å². The molecule has 1 unspecified atom stereocenters. The van der Waals surface area contributed by atoms with E-state index < -0.39 is 9.84 Å². The van der Waals surface area contributed by atoms with Crippen LogP contribution in [0.3, 0.4) is 0 Å². The van der Waals surface area contributed by atoms with Gasteiger partial charge in [-0.1, -0.05) is 6.07 Å². The van der Waals surface area contributed by atoms with Crippen molar-refractivity contribution < 1.29 is 13.2 Å². The molecule has 1 amide bonds. The first-order valence-electron chi connectivity index (χ1n) is 6.35. The van der Waals surface area contributed by atoms with Crippen LogP contribution in [0.15, 0.2) is 22.7 Å². The molecule has 0 radical (unpaired) electrons. The Balaban J connectivity index is 1.95. The molecule has 1 heterocycles. The molecule has 1 aliphatic heterocycles. The van der Waals surface area contributed by atoms with E-state index in [0.717, 1.165) is 10.0 Å². The zero-order chi connectivity index (χ0) is 14.8. The molecule has 20 heavy (non-hydrogen) atoms. The summed E-state index contributed by atoms with van der Waals surface area (Å²) in [6, 6.07) is 5.34. The summed E-state index contributed by atoms with van der Waals surface area (Å²) >= 11 is 3.39. The van der Waals surface area contributed by atoms with Gasteiger partial charge in [0.1, 0.15) is 0 Å². The lowest BCUT2D eigenvalue weighted by Gasteiger charge is -2.23. The third-order valence-corrected chi connectivity index (χ3v) is 5.52. The minimum atomic E-state index is -3.02. The number of benzene rings is 1. The fourth-order valence-corrected chi connectivity index (χ4v) is 4.18. The Kier molecular flexibility index (Phi) is 4.82. The minimum Gasteiger partial charge on any atom is -0.325 e. The van der Waals surface area contributed by atoms with E-state index in [2.05, 4.69) is 26.6 Å². The summed E-state index contributed by atoms with van der Waals surface area (Å²) in [5, 5.41) is 5.85. The van der Waals surface area contributed by atoms with Gasteiger partial charge >= 0.3 is 0 Å². The van der Waals surface area contributed by atoms with Crippen molar-refractivity contribution >= 4 is 37.4 Å². The smallest absolute Gasteiger partial charge is 0.226 e. The van der Waals surface area contributed by atoms with Gasteiger partial charge in [-0.2, -0.15) is 0 Å². The van der Waals surface area contributed by atoms with Gasteiger partial charge in [0.15, 0.2) is 9.84 Å². The summed E-state index contributed by atoms with van der Waals surface area (Å²) in [6.07, 6.45) is 0.152. The first-order chi connectivity index (χ1) is 9.35. The number of rotatable bonds is 3. The van der Waals surface area contributed by atoms with Crippen LogP contribution in [0.1, 0.15) is 12.0 Å². The zero-order valence-electron chi connectivity index (χ0n) is 11.1. The van der Waals surface area contributed by atoms with Crippen molar-refractivity contribution in [3.63, 3.8) is 0 Å². The molecule has 2 rings (SSSR count). The SMILES string of the molecule is Cc1ccc(NC(=O)CC2CS(=O)(=O)CCN2)c(Br)c1. The van der Waals surface area contributed by atoms with Crippen LogP contribution in [0.5, 0.6) is 0 Å². The van der Waals surface area contributed by atoms with Crippen molar-refractivity contribution in [2.24, 2.45) is 0 Å². The monoisotopic (exact) mass is 360 g/mol. The van der Waals surface area contributed by atoms with Gasteiger partial charge in [-0.15, -0.1) is 0 Å². The van der Waals surface area contributed by atoms with E-state index in [1.807, 2.05) is 25.1 Å². The van der Waals surface area contributed by atoms with Crippen molar-refractivity contribution in [1.29, 1.82) is 0 Å². The number of hydrogen-bond donors (Lipinski definition) is 2. The van der Waals surface area contributed by atoms with Gasteiger partial charge in [-0.05, 0) is 40.5 Å². The fourth-order valence-electron chi connectivity index (χ4n) is 2.14. The van der Waals surface area contributed by atoms with E-state index in [-0.39, 0.29) is 29.9 Å². The molecule has 0 spiro atoms. The molecular weight excluding hydrogens is 344 g/mol. The highest BCUT2D eigenvalue weighted by Gasteiger charge is 2.26. The first kappa shape index (κ1) is 15.5. The maximum Gasteiger partial charge on any atom is 0.226 e. The van der Waals surface area contributed by atoms with Crippen molar-refractivity contribution in [2.45, 2.75) is 19.4 Å². The minimum absolute atomic E-state index is 0.0233. The number of halogens is 1. The van der Waals surface area contributed by atoms with Crippen LogP contribution < -0.4 is 10.6 Å². The van der Waals surface area contributed by atoms with E-state index in [1.165, 1.54) is 0 Å². The molecule has 1 saturated heterocycles. The first-order valence-corrected chi connectivity index (χ1v) is 8.97. The predicted molar refractivity (Wildman–Crippen MR) is 82.6 cm³/mol. The van der Waals surface area contributed by atoms with Crippen LogP contribution >= 0.6 is 15.9 Å².